The zero-order valence-corrected chi connectivity index (χ0v) is 13.6. The largest absolute Gasteiger partial charge is 0.312 e. The first-order valence-electron chi connectivity index (χ1n) is 5.26. The van der Waals surface area contributed by atoms with Crippen LogP contribution in [0.4, 0.5) is 0 Å². The van der Waals surface area contributed by atoms with Crippen LogP contribution in [0.5, 0.6) is 0 Å². The summed E-state index contributed by atoms with van der Waals surface area (Å²) in [6.07, 6.45) is 0.967. The molecule has 1 atom stereocenters. The minimum absolute atomic E-state index is 0.288. The number of likely N-dealkylation sites (N-methyl/N-ethyl adjacent to an activating group) is 1. The fourth-order valence-electron chi connectivity index (χ4n) is 1.67. The molecule has 0 radical (unpaired) electrons. The van der Waals surface area contributed by atoms with E-state index in [9.17, 15) is 0 Å². The van der Waals surface area contributed by atoms with E-state index in [0.29, 0.717) is 0 Å². The van der Waals surface area contributed by atoms with Gasteiger partial charge in [-0.15, -0.1) is 22.7 Å². The number of thiophene rings is 2. The molecule has 0 amide bonds. The second-order valence-electron chi connectivity index (χ2n) is 3.83. The van der Waals surface area contributed by atoms with Crippen molar-refractivity contribution in [3.05, 3.63) is 41.6 Å². The van der Waals surface area contributed by atoms with Crippen molar-refractivity contribution in [3.63, 3.8) is 0 Å². The van der Waals surface area contributed by atoms with Gasteiger partial charge in [-0.25, -0.2) is 0 Å². The molecule has 0 bridgehead atoms. The van der Waals surface area contributed by atoms with Gasteiger partial charge in [-0.3, -0.25) is 0 Å². The van der Waals surface area contributed by atoms with Gasteiger partial charge < -0.3 is 5.32 Å². The predicted molar refractivity (Wildman–Crippen MR) is 81.6 cm³/mol. The van der Waals surface area contributed by atoms with E-state index in [0.717, 1.165) is 17.0 Å². The summed E-state index contributed by atoms with van der Waals surface area (Å²) in [4.78, 5) is 2.58. The molecule has 0 aliphatic carbocycles. The Morgan fingerprint density at radius 2 is 2.24 bits per heavy atom. The molecule has 0 aliphatic heterocycles. The minimum Gasteiger partial charge on any atom is -0.312 e. The lowest BCUT2D eigenvalue weighted by atomic mass is 10.1. The molecule has 0 fully saturated rings. The van der Waals surface area contributed by atoms with Crippen molar-refractivity contribution in [2.24, 2.45) is 0 Å². The van der Waals surface area contributed by atoms with Crippen LogP contribution in [-0.2, 0) is 6.42 Å². The normalized spacial score (nSPS) is 12.9. The highest BCUT2D eigenvalue weighted by molar-refractivity contribution is 9.10. The lowest BCUT2D eigenvalue weighted by Gasteiger charge is -2.14. The quantitative estimate of drug-likeness (QED) is 0.814. The molecule has 5 heteroatoms. The summed E-state index contributed by atoms with van der Waals surface area (Å²) in [5.74, 6) is 0. The van der Waals surface area contributed by atoms with Gasteiger partial charge in [-0.1, -0.05) is 11.6 Å². The molecule has 2 aromatic rings. The summed E-state index contributed by atoms with van der Waals surface area (Å²) in [6.45, 7) is 2.05. The van der Waals surface area contributed by atoms with Gasteiger partial charge in [-0.2, -0.15) is 0 Å². The van der Waals surface area contributed by atoms with E-state index in [1.165, 1.54) is 14.2 Å². The van der Waals surface area contributed by atoms with Crippen molar-refractivity contribution in [3.8, 4) is 0 Å². The zero-order chi connectivity index (χ0) is 12.4. The molecular weight excluding hydrogens is 338 g/mol. The first-order valence-corrected chi connectivity index (χ1v) is 8.19. The highest BCUT2D eigenvalue weighted by Crippen LogP contribution is 2.35. The van der Waals surface area contributed by atoms with Gasteiger partial charge in [0.2, 0.25) is 0 Å². The summed E-state index contributed by atoms with van der Waals surface area (Å²) < 4.78 is 1.19. The molecular formula is C12H13BrClNS2. The van der Waals surface area contributed by atoms with Crippen molar-refractivity contribution >= 4 is 50.2 Å². The SMILES string of the molecule is CNC(Cc1sccc1Br)c1scc(C)c1Cl. The molecule has 0 saturated heterocycles. The number of hydrogen-bond acceptors (Lipinski definition) is 3. The summed E-state index contributed by atoms with van der Waals surface area (Å²) in [6, 6.07) is 2.38. The topological polar surface area (TPSA) is 12.0 Å². The fraction of sp³-hybridized carbons (Fsp3) is 0.333. The molecule has 0 aromatic carbocycles. The van der Waals surface area contributed by atoms with Gasteiger partial charge in [0.05, 0.1) is 5.02 Å². The Morgan fingerprint density at radius 1 is 1.47 bits per heavy atom. The van der Waals surface area contributed by atoms with Crippen LogP contribution >= 0.6 is 50.2 Å². The van der Waals surface area contributed by atoms with E-state index in [1.807, 2.05) is 7.05 Å². The molecule has 1 unspecified atom stereocenters. The Bertz CT molecular complexity index is 506. The van der Waals surface area contributed by atoms with Crippen molar-refractivity contribution in [1.29, 1.82) is 0 Å². The maximum Gasteiger partial charge on any atom is 0.0590 e. The molecule has 0 aliphatic rings. The first-order chi connectivity index (χ1) is 8.13. The van der Waals surface area contributed by atoms with Crippen LogP contribution in [0.2, 0.25) is 5.02 Å². The van der Waals surface area contributed by atoms with Crippen LogP contribution in [0.25, 0.3) is 0 Å². The molecule has 2 rings (SSSR count). The van der Waals surface area contributed by atoms with E-state index >= 15 is 0 Å². The van der Waals surface area contributed by atoms with Gasteiger partial charge in [-0.05, 0) is 52.3 Å². The monoisotopic (exact) mass is 349 g/mol. The van der Waals surface area contributed by atoms with Crippen molar-refractivity contribution in [1.82, 2.24) is 5.32 Å². The smallest absolute Gasteiger partial charge is 0.0590 e. The fourth-order valence-corrected chi connectivity index (χ4v) is 4.66. The molecule has 1 nitrogen and oxygen atoms in total. The highest BCUT2D eigenvalue weighted by atomic mass is 79.9. The summed E-state index contributed by atoms with van der Waals surface area (Å²) >= 11 is 13.4. The third-order valence-corrected chi connectivity index (χ3v) is 6.45. The lowest BCUT2D eigenvalue weighted by Crippen LogP contribution is -2.17. The van der Waals surface area contributed by atoms with Crippen LogP contribution in [0.3, 0.4) is 0 Å². The van der Waals surface area contributed by atoms with Gasteiger partial charge in [0.1, 0.15) is 0 Å². The van der Waals surface area contributed by atoms with Gasteiger partial charge in [0.25, 0.3) is 0 Å². The Labute approximate surface area is 123 Å². The number of halogens is 2. The Morgan fingerprint density at radius 3 is 2.71 bits per heavy atom. The summed E-state index contributed by atoms with van der Waals surface area (Å²) in [5, 5.41) is 8.48. The van der Waals surface area contributed by atoms with E-state index in [4.69, 9.17) is 11.6 Å². The maximum atomic E-state index is 6.32. The van der Waals surface area contributed by atoms with Crippen LogP contribution in [0, 0.1) is 6.92 Å². The molecule has 0 saturated carbocycles. The van der Waals surface area contributed by atoms with Crippen molar-refractivity contribution < 1.29 is 0 Å². The molecule has 2 aromatic heterocycles. The lowest BCUT2D eigenvalue weighted by molar-refractivity contribution is 0.606. The van der Waals surface area contributed by atoms with Gasteiger partial charge in [0, 0.05) is 26.7 Å². The second-order valence-corrected chi connectivity index (χ2v) is 6.98. The van der Waals surface area contributed by atoms with Crippen LogP contribution in [0.15, 0.2) is 21.3 Å². The molecule has 17 heavy (non-hydrogen) atoms. The van der Waals surface area contributed by atoms with E-state index in [2.05, 4.69) is 45.0 Å². The zero-order valence-electron chi connectivity index (χ0n) is 9.59. The average Bonchev–Trinajstić information content (AvgIpc) is 2.85. The second kappa shape index (κ2) is 5.85. The number of nitrogens with one attached hydrogen (secondary N) is 1. The minimum atomic E-state index is 0.288. The number of aryl methyl sites for hydroxylation is 1. The Balaban J connectivity index is 2.23. The van der Waals surface area contributed by atoms with E-state index < -0.39 is 0 Å². The molecule has 0 spiro atoms. The summed E-state index contributed by atoms with van der Waals surface area (Å²) in [7, 11) is 1.98. The number of rotatable bonds is 4. The van der Waals surface area contributed by atoms with Crippen molar-refractivity contribution in [2.45, 2.75) is 19.4 Å². The van der Waals surface area contributed by atoms with Crippen molar-refractivity contribution in [2.75, 3.05) is 7.05 Å². The van der Waals surface area contributed by atoms with Crippen LogP contribution in [-0.4, -0.2) is 7.05 Å². The molecule has 1 N–H and O–H groups in total. The number of hydrogen-bond donors (Lipinski definition) is 1. The van der Waals surface area contributed by atoms with E-state index in [1.54, 1.807) is 22.7 Å². The summed E-state index contributed by atoms with van der Waals surface area (Å²) in [5.41, 5.74) is 1.16. The van der Waals surface area contributed by atoms with Gasteiger partial charge in [0.15, 0.2) is 0 Å². The van der Waals surface area contributed by atoms with E-state index in [-0.39, 0.29) is 6.04 Å². The maximum absolute atomic E-state index is 6.32. The third-order valence-electron chi connectivity index (χ3n) is 2.67. The molecule has 92 valence electrons. The Kier molecular flexibility index (Phi) is 4.66. The highest BCUT2D eigenvalue weighted by Gasteiger charge is 2.18. The third kappa shape index (κ3) is 2.93. The van der Waals surface area contributed by atoms with Gasteiger partial charge >= 0.3 is 0 Å². The van der Waals surface area contributed by atoms with Crippen LogP contribution < -0.4 is 5.32 Å². The first kappa shape index (κ1) is 13.6. The predicted octanol–water partition coefficient (Wildman–Crippen LogP) is 5.04. The standard InChI is InChI=1S/C12H13BrClNS2/c1-7-6-17-12(11(7)14)9(15-2)5-10-8(13)3-4-16-10/h3-4,6,9,15H,5H2,1-2H3. The molecule has 2 heterocycles. The van der Waals surface area contributed by atoms with Crippen LogP contribution in [0.1, 0.15) is 21.4 Å². The average molecular weight is 351 g/mol. The Hall–Kier alpha value is 0.130.